The predicted molar refractivity (Wildman–Crippen MR) is 66.7 cm³/mol. The molecule has 2 rings (SSSR count). The molecule has 2 aromatic rings. The molecule has 0 aliphatic rings. The van der Waals surface area contributed by atoms with Gasteiger partial charge in [0.05, 0.1) is 12.2 Å². The molecule has 2 aromatic heterocycles. The molecule has 0 spiro atoms. The van der Waals surface area contributed by atoms with Crippen molar-refractivity contribution in [3.63, 3.8) is 0 Å². The first-order valence-corrected chi connectivity index (χ1v) is 7.12. The van der Waals surface area contributed by atoms with E-state index in [0.29, 0.717) is 18.1 Å². The summed E-state index contributed by atoms with van der Waals surface area (Å²) in [5.74, 6) is 0.325. The van der Waals surface area contributed by atoms with Crippen molar-refractivity contribution in [3.05, 3.63) is 42.4 Å². The van der Waals surface area contributed by atoms with E-state index in [0.717, 1.165) is 6.26 Å². The van der Waals surface area contributed by atoms with E-state index in [9.17, 15) is 8.42 Å². The summed E-state index contributed by atoms with van der Waals surface area (Å²) < 4.78 is 23.1. The van der Waals surface area contributed by atoms with Crippen LogP contribution in [0, 0.1) is 0 Å². The first kappa shape index (κ1) is 12.4. The average molecular weight is 264 g/mol. The first-order chi connectivity index (χ1) is 8.57. The van der Waals surface area contributed by atoms with Gasteiger partial charge in [0, 0.05) is 18.6 Å². The van der Waals surface area contributed by atoms with Gasteiger partial charge in [-0.15, -0.1) is 0 Å². The number of hydrogen-bond acceptors (Lipinski definition) is 6. The number of hydrogen-bond donors (Lipinski definition) is 1. The largest absolute Gasteiger partial charge is 0.363 e. The monoisotopic (exact) mass is 264 g/mol. The van der Waals surface area contributed by atoms with Crippen LogP contribution in [0.3, 0.4) is 0 Å². The van der Waals surface area contributed by atoms with E-state index in [-0.39, 0.29) is 4.90 Å². The lowest BCUT2D eigenvalue weighted by molar-refractivity contribution is 0.601. The zero-order valence-electron chi connectivity index (χ0n) is 9.74. The van der Waals surface area contributed by atoms with Gasteiger partial charge in [-0.1, -0.05) is 0 Å². The highest BCUT2D eigenvalue weighted by atomic mass is 32.2. The molecular formula is C11H12N4O2S. The molecule has 0 bridgehead atoms. The molecule has 0 radical (unpaired) electrons. The van der Waals surface area contributed by atoms with E-state index in [1.807, 2.05) is 0 Å². The van der Waals surface area contributed by atoms with Crippen LogP contribution < -0.4 is 5.32 Å². The number of aromatic nitrogens is 3. The molecule has 0 fully saturated rings. The van der Waals surface area contributed by atoms with Crippen molar-refractivity contribution >= 4 is 15.7 Å². The van der Waals surface area contributed by atoms with E-state index in [2.05, 4.69) is 20.5 Å². The summed E-state index contributed by atoms with van der Waals surface area (Å²) in [6, 6.07) is 6.66. The lowest BCUT2D eigenvalue weighted by Gasteiger charge is -2.08. The predicted octanol–water partition coefficient (Wildman–Crippen LogP) is 0.887. The number of pyridine rings is 1. The normalized spacial score (nSPS) is 11.2. The smallest absolute Gasteiger partial charge is 0.179 e. The van der Waals surface area contributed by atoms with Crippen molar-refractivity contribution in [2.45, 2.75) is 11.4 Å². The molecule has 0 saturated carbocycles. The van der Waals surface area contributed by atoms with Crippen molar-refractivity contribution in [1.82, 2.24) is 15.2 Å². The Labute approximate surface area is 105 Å². The van der Waals surface area contributed by atoms with E-state index in [4.69, 9.17) is 0 Å². The van der Waals surface area contributed by atoms with Crippen molar-refractivity contribution in [2.24, 2.45) is 0 Å². The second-order valence-corrected chi connectivity index (χ2v) is 5.68. The molecule has 1 N–H and O–H groups in total. The fourth-order valence-corrected chi connectivity index (χ4v) is 2.23. The third-order valence-corrected chi connectivity index (χ3v) is 3.36. The van der Waals surface area contributed by atoms with Crippen LogP contribution in [0.4, 0.5) is 5.82 Å². The summed E-state index contributed by atoms with van der Waals surface area (Å²) in [6.07, 6.45) is 4.26. The highest BCUT2D eigenvalue weighted by molar-refractivity contribution is 7.90. The molecule has 0 aliphatic heterocycles. The van der Waals surface area contributed by atoms with Gasteiger partial charge in [-0.3, -0.25) is 0 Å². The fraction of sp³-hybridized carbons (Fsp3) is 0.182. The van der Waals surface area contributed by atoms with Gasteiger partial charge in [0.15, 0.2) is 9.84 Å². The Kier molecular flexibility index (Phi) is 3.52. The number of anilines is 1. The third-order valence-electron chi connectivity index (χ3n) is 2.23. The highest BCUT2D eigenvalue weighted by Crippen LogP contribution is 2.17. The number of rotatable bonds is 4. The maximum atomic E-state index is 11.6. The van der Waals surface area contributed by atoms with E-state index >= 15 is 0 Å². The summed E-state index contributed by atoms with van der Waals surface area (Å²) in [4.78, 5) is 4.20. The molecule has 0 unspecified atom stereocenters. The van der Waals surface area contributed by atoms with Crippen LogP contribution in [-0.4, -0.2) is 29.9 Å². The van der Waals surface area contributed by atoms with Gasteiger partial charge in [-0.2, -0.15) is 10.2 Å². The Morgan fingerprint density at radius 1 is 1.22 bits per heavy atom. The number of sulfone groups is 1. The Morgan fingerprint density at radius 3 is 2.67 bits per heavy atom. The molecule has 94 valence electrons. The minimum absolute atomic E-state index is 0.175. The van der Waals surface area contributed by atoms with Gasteiger partial charge < -0.3 is 5.32 Å². The van der Waals surface area contributed by atoms with Crippen LogP contribution in [0.5, 0.6) is 0 Å². The van der Waals surface area contributed by atoms with Crippen molar-refractivity contribution in [2.75, 3.05) is 11.6 Å². The molecule has 0 saturated heterocycles. The van der Waals surface area contributed by atoms with Gasteiger partial charge in [0.2, 0.25) is 0 Å². The van der Waals surface area contributed by atoms with E-state index in [1.54, 1.807) is 24.4 Å². The van der Waals surface area contributed by atoms with Crippen LogP contribution in [0.25, 0.3) is 0 Å². The molecule has 18 heavy (non-hydrogen) atoms. The highest BCUT2D eigenvalue weighted by Gasteiger charge is 2.13. The van der Waals surface area contributed by atoms with Crippen LogP contribution in [0.15, 0.2) is 41.6 Å². The van der Waals surface area contributed by atoms with Crippen LogP contribution in [0.2, 0.25) is 0 Å². The van der Waals surface area contributed by atoms with Crippen LogP contribution in [-0.2, 0) is 16.4 Å². The molecule has 0 aliphatic carbocycles. The average Bonchev–Trinajstić information content (AvgIpc) is 2.37. The van der Waals surface area contributed by atoms with E-state index < -0.39 is 9.84 Å². The molecule has 6 nitrogen and oxygen atoms in total. The van der Waals surface area contributed by atoms with E-state index in [1.165, 1.54) is 12.3 Å². The Hall–Kier alpha value is -2.02. The fourth-order valence-electron chi connectivity index (χ4n) is 1.42. The summed E-state index contributed by atoms with van der Waals surface area (Å²) in [5.41, 5.74) is 0.711. The Morgan fingerprint density at radius 2 is 2.00 bits per heavy atom. The maximum Gasteiger partial charge on any atom is 0.179 e. The van der Waals surface area contributed by atoms with Gasteiger partial charge >= 0.3 is 0 Å². The zero-order chi connectivity index (χ0) is 13.0. The van der Waals surface area contributed by atoms with Crippen LogP contribution in [0.1, 0.15) is 5.69 Å². The summed E-state index contributed by atoms with van der Waals surface area (Å²) in [7, 11) is -3.30. The Bertz CT molecular complexity index is 629. The van der Waals surface area contributed by atoms with Crippen LogP contribution >= 0.6 is 0 Å². The standard InChI is InChI=1S/C11H12N4O2S/c1-18(16,17)10-5-3-6-12-11(10)13-8-9-4-2-7-14-15-9/h2-7H,8H2,1H3,(H,12,13). The Balaban J connectivity index is 2.20. The lowest BCUT2D eigenvalue weighted by atomic mass is 10.4. The molecule has 2 heterocycles. The first-order valence-electron chi connectivity index (χ1n) is 5.23. The summed E-state index contributed by atoms with van der Waals surface area (Å²) in [6.45, 7) is 0.368. The number of nitrogens with zero attached hydrogens (tertiary/aromatic N) is 3. The minimum atomic E-state index is -3.30. The van der Waals surface area contributed by atoms with Gasteiger partial charge in [0.25, 0.3) is 0 Å². The molecular weight excluding hydrogens is 252 g/mol. The van der Waals surface area contributed by atoms with Crippen molar-refractivity contribution < 1.29 is 8.42 Å². The molecule has 0 atom stereocenters. The zero-order valence-corrected chi connectivity index (χ0v) is 10.6. The quantitative estimate of drug-likeness (QED) is 0.882. The number of nitrogens with one attached hydrogen (secondary N) is 1. The van der Waals surface area contributed by atoms with Gasteiger partial charge in [-0.25, -0.2) is 13.4 Å². The van der Waals surface area contributed by atoms with Crippen molar-refractivity contribution in [1.29, 1.82) is 0 Å². The molecule has 7 heteroatoms. The summed E-state index contributed by atoms with van der Waals surface area (Å²) >= 11 is 0. The maximum absolute atomic E-state index is 11.6. The SMILES string of the molecule is CS(=O)(=O)c1cccnc1NCc1cccnn1. The topological polar surface area (TPSA) is 84.8 Å². The minimum Gasteiger partial charge on any atom is -0.363 e. The second kappa shape index (κ2) is 5.09. The molecule has 0 aromatic carbocycles. The second-order valence-electron chi connectivity index (χ2n) is 3.69. The molecule has 0 amide bonds. The van der Waals surface area contributed by atoms with Crippen molar-refractivity contribution in [3.8, 4) is 0 Å². The third kappa shape index (κ3) is 3.01. The summed E-state index contributed by atoms with van der Waals surface area (Å²) in [5, 5.41) is 10.6. The lowest BCUT2D eigenvalue weighted by Crippen LogP contribution is -2.08. The van der Waals surface area contributed by atoms with Gasteiger partial charge in [-0.05, 0) is 24.3 Å². The van der Waals surface area contributed by atoms with Gasteiger partial charge in [0.1, 0.15) is 10.7 Å².